The normalized spacial score (nSPS) is 10.8. The van der Waals surface area contributed by atoms with Crippen molar-refractivity contribution in [3.8, 4) is 5.75 Å². The van der Waals surface area contributed by atoms with Crippen LogP contribution in [0.5, 0.6) is 5.75 Å². The molecule has 7 heteroatoms. The molecule has 5 nitrogen and oxygen atoms in total. The zero-order valence-electron chi connectivity index (χ0n) is 14.1. The van der Waals surface area contributed by atoms with Gasteiger partial charge in [-0.3, -0.25) is 9.36 Å². The first kappa shape index (κ1) is 18.5. The smallest absolute Gasteiger partial charge is 0.334 e. The van der Waals surface area contributed by atoms with E-state index in [4.69, 9.17) is 16.3 Å². The molecule has 0 bridgehead atoms. The fourth-order valence-electron chi connectivity index (χ4n) is 2.52. The van der Waals surface area contributed by atoms with Gasteiger partial charge in [0, 0.05) is 35.3 Å². The predicted molar refractivity (Wildman–Crippen MR) is 104 cm³/mol. The second-order valence-corrected chi connectivity index (χ2v) is 7.24. The van der Waals surface area contributed by atoms with Crippen molar-refractivity contribution in [2.75, 3.05) is 6.61 Å². The maximum atomic E-state index is 12.3. The minimum atomic E-state index is -0.287. The fourth-order valence-corrected chi connectivity index (χ4v) is 3.35. The first-order valence-corrected chi connectivity index (χ1v) is 9.61. The summed E-state index contributed by atoms with van der Waals surface area (Å²) in [5.74, 6) is 0.489. The van der Waals surface area contributed by atoms with E-state index in [1.54, 1.807) is 52.6 Å². The van der Waals surface area contributed by atoms with Crippen LogP contribution in [-0.2, 0) is 13.0 Å². The van der Waals surface area contributed by atoms with Gasteiger partial charge in [0.05, 0.1) is 6.61 Å². The summed E-state index contributed by atoms with van der Waals surface area (Å²) >= 11 is 7.48. The number of hydrogen-bond donors (Lipinski definition) is 0. The van der Waals surface area contributed by atoms with Crippen molar-refractivity contribution in [1.82, 2.24) is 9.13 Å². The van der Waals surface area contributed by atoms with Crippen molar-refractivity contribution in [1.29, 1.82) is 0 Å². The Morgan fingerprint density at radius 1 is 1.15 bits per heavy atom. The van der Waals surface area contributed by atoms with Crippen LogP contribution >= 0.6 is 22.9 Å². The molecule has 2 aromatic heterocycles. The predicted octanol–water partition coefficient (Wildman–Crippen LogP) is 4.11. The number of thiophene rings is 1. The number of benzene rings is 1. The molecule has 0 atom stereocenters. The monoisotopic (exact) mass is 390 g/mol. The molecule has 0 fully saturated rings. The van der Waals surface area contributed by atoms with Gasteiger partial charge in [0.15, 0.2) is 0 Å². The maximum Gasteiger partial charge on any atom is 0.334 e. The lowest BCUT2D eigenvalue weighted by atomic mass is 10.3. The van der Waals surface area contributed by atoms with E-state index in [1.807, 2.05) is 17.5 Å². The molecule has 0 aliphatic carbocycles. The van der Waals surface area contributed by atoms with Gasteiger partial charge < -0.3 is 4.74 Å². The molecule has 0 amide bonds. The molecule has 0 saturated carbocycles. The molecule has 0 unspecified atom stereocenters. The van der Waals surface area contributed by atoms with Crippen molar-refractivity contribution in [3.05, 3.63) is 74.6 Å². The zero-order chi connectivity index (χ0) is 18.4. The molecule has 0 aliphatic rings. The number of carbonyl (C=O) groups excluding carboxylic acids is 1. The lowest BCUT2D eigenvalue weighted by Crippen LogP contribution is -2.29. The Morgan fingerprint density at radius 3 is 2.69 bits per heavy atom. The van der Waals surface area contributed by atoms with Crippen LogP contribution in [-0.4, -0.2) is 21.6 Å². The highest BCUT2D eigenvalue weighted by molar-refractivity contribution is 7.09. The van der Waals surface area contributed by atoms with E-state index in [-0.39, 0.29) is 18.0 Å². The van der Waals surface area contributed by atoms with Gasteiger partial charge in [0.2, 0.25) is 5.91 Å². The van der Waals surface area contributed by atoms with E-state index in [9.17, 15) is 9.59 Å². The molecular weight excluding hydrogens is 372 g/mol. The first-order valence-electron chi connectivity index (χ1n) is 8.35. The zero-order valence-corrected chi connectivity index (χ0v) is 15.7. The summed E-state index contributed by atoms with van der Waals surface area (Å²) in [4.78, 5) is 25.8. The number of aromatic nitrogens is 2. The lowest BCUT2D eigenvalue weighted by molar-refractivity contribution is 0.0888. The third-order valence-electron chi connectivity index (χ3n) is 3.91. The van der Waals surface area contributed by atoms with Gasteiger partial charge in [-0.15, -0.1) is 11.3 Å². The van der Waals surface area contributed by atoms with Crippen molar-refractivity contribution in [3.63, 3.8) is 0 Å². The number of hydrogen-bond acceptors (Lipinski definition) is 4. The van der Waals surface area contributed by atoms with Crippen molar-refractivity contribution in [2.45, 2.75) is 25.8 Å². The van der Waals surface area contributed by atoms with E-state index in [2.05, 4.69) is 0 Å². The number of carbonyl (C=O) groups is 1. The largest absolute Gasteiger partial charge is 0.494 e. The highest BCUT2D eigenvalue weighted by atomic mass is 35.5. The minimum absolute atomic E-state index is 0.218. The lowest BCUT2D eigenvalue weighted by Gasteiger charge is -2.06. The Hall–Kier alpha value is -2.31. The summed E-state index contributed by atoms with van der Waals surface area (Å²) in [6.07, 6.45) is 4.78. The summed E-state index contributed by atoms with van der Waals surface area (Å²) in [5, 5.41) is 2.66. The Balaban J connectivity index is 1.47. The highest BCUT2D eigenvalue weighted by Crippen LogP contribution is 2.15. The number of nitrogens with zero attached hydrogens (tertiary/aromatic N) is 2. The van der Waals surface area contributed by atoms with Crippen LogP contribution in [0.2, 0.25) is 5.02 Å². The number of rotatable bonds is 8. The van der Waals surface area contributed by atoms with E-state index < -0.39 is 0 Å². The average Bonchev–Trinajstić information content (AvgIpc) is 3.28. The van der Waals surface area contributed by atoms with Gasteiger partial charge in [-0.25, -0.2) is 9.36 Å². The van der Waals surface area contributed by atoms with Gasteiger partial charge in [0.1, 0.15) is 5.75 Å². The molecule has 0 aliphatic heterocycles. The topological polar surface area (TPSA) is 53.2 Å². The molecule has 0 radical (unpaired) electrons. The van der Waals surface area contributed by atoms with Gasteiger partial charge in [-0.05, 0) is 48.6 Å². The van der Waals surface area contributed by atoms with Crippen LogP contribution in [0.1, 0.15) is 22.5 Å². The van der Waals surface area contributed by atoms with Crippen molar-refractivity contribution in [2.24, 2.45) is 0 Å². The second-order valence-electron chi connectivity index (χ2n) is 5.77. The van der Waals surface area contributed by atoms with Crippen LogP contribution in [0, 0.1) is 0 Å². The number of halogens is 1. The van der Waals surface area contributed by atoms with Crippen LogP contribution in [0.15, 0.2) is 59.0 Å². The molecule has 26 heavy (non-hydrogen) atoms. The van der Waals surface area contributed by atoms with Crippen molar-refractivity contribution >= 4 is 28.8 Å². The van der Waals surface area contributed by atoms with Crippen molar-refractivity contribution < 1.29 is 9.53 Å². The Labute approximate surface area is 160 Å². The molecule has 2 heterocycles. The summed E-state index contributed by atoms with van der Waals surface area (Å²) < 4.78 is 8.31. The molecule has 3 aromatic rings. The van der Waals surface area contributed by atoms with Gasteiger partial charge in [-0.2, -0.15) is 0 Å². The Morgan fingerprint density at radius 2 is 1.96 bits per heavy atom. The molecule has 3 rings (SSSR count). The van der Waals surface area contributed by atoms with Crippen LogP contribution in [0.4, 0.5) is 0 Å². The van der Waals surface area contributed by atoms with E-state index in [0.717, 1.165) is 6.42 Å². The standard InChI is InChI=1S/C19H19ClN2O3S/c20-15-5-7-16(8-6-15)25-13-1-4-18(23)22-12-11-21(19(22)24)10-9-17-3-2-14-26-17/h2-3,5-8,11-12,14H,1,4,9-10,13H2. The molecule has 0 N–H and O–H groups in total. The van der Waals surface area contributed by atoms with Gasteiger partial charge in [-0.1, -0.05) is 17.7 Å². The average molecular weight is 391 g/mol. The van der Waals surface area contributed by atoms with Crippen LogP contribution in [0.3, 0.4) is 0 Å². The molecule has 1 aromatic carbocycles. The van der Waals surface area contributed by atoms with Gasteiger partial charge >= 0.3 is 5.69 Å². The number of imidazole rings is 1. The third-order valence-corrected chi connectivity index (χ3v) is 5.10. The van der Waals surface area contributed by atoms with Crippen LogP contribution < -0.4 is 10.4 Å². The molecular formula is C19H19ClN2O3S. The summed E-state index contributed by atoms with van der Waals surface area (Å²) in [7, 11) is 0. The SMILES string of the molecule is O=C(CCCOc1ccc(Cl)cc1)n1ccn(CCc2cccs2)c1=O. The third kappa shape index (κ3) is 4.86. The van der Waals surface area contributed by atoms with E-state index >= 15 is 0 Å². The van der Waals surface area contributed by atoms with Crippen LogP contribution in [0.25, 0.3) is 0 Å². The minimum Gasteiger partial charge on any atom is -0.494 e. The molecule has 136 valence electrons. The maximum absolute atomic E-state index is 12.3. The summed E-state index contributed by atoms with van der Waals surface area (Å²) in [6, 6.07) is 11.1. The molecule has 0 spiro atoms. The summed E-state index contributed by atoms with van der Waals surface area (Å²) in [6.45, 7) is 0.973. The highest BCUT2D eigenvalue weighted by Gasteiger charge is 2.11. The second kappa shape index (κ2) is 8.87. The number of ether oxygens (including phenoxy) is 1. The van der Waals surface area contributed by atoms with Gasteiger partial charge in [0.25, 0.3) is 0 Å². The molecule has 0 saturated heterocycles. The fraction of sp³-hybridized carbons (Fsp3) is 0.263. The first-order chi connectivity index (χ1) is 12.6. The summed E-state index contributed by atoms with van der Waals surface area (Å²) in [5.41, 5.74) is -0.287. The van der Waals surface area contributed by atoms with E-state index in [0.29, 0.717) is 30.3 Å². The number of aryl methyl sites for hydroxylation is 2. The Kier molecular flexibility index (Phi) is 6.30. The Bertz CT molecular complexity index is 898. The van der Waals surface area contributed by atoms with E-state index in [1.165, 1.54) is 9.44 Å². The quantitative estimate of drug-likeness (QED) is 0.544.